The molecule has 12 heavy (non-hydrogen) atoms. The van der Waals surface area contributed by atoms with Crippen molar-refractivity contribution in [3.8, 4) is 0 Å². The number of aliphatic imine (C=N–C) groups is 1. The molecule has 0 bridgehead atoms. The molecule has 1 aromatic carbocycles. The molecule has 0 aromatic heterocycles. The molecule has 0 saturated heterocycles. The van der Waals surface area contributed by atoms with Crippen LogP contribution in [0.2, 0.25) is 0 Å². The topological polar surface area (TPSA) is 74.3 Å². The summed E-state index contributed by atoms with van der Waals surface area (Å²) in [6.45, 7) is 0. The van der Waals surface area contributed by atoms with Gasteiger partial charge in [-0.3, -0.25) is 10.1 Å². The first-order valence-electron chi connectivity index (χ1n) is 4.74. The molecule has 59 valence electrons. The minimum Gasteiger partial charge on any atom is -0.258 e. The molecule has 0 heterocycles. The molecule has 0 fully saturated rings. The summed E-state index contributed by atoms with van der Waals surface area (Å²) < 4.78 is 29.1. The van der Waals surface area contributed by atoms with Gasteiger partial charge in [-0.15, -0.1) is 0 Å². The second kappa shape index (κ2) is 3.41. The Morgan fingerprint density at radius 2 is 2.08 bits per heavy atom. The first-order chi connectivity index (χ1) is 7.41. The highest BCUT2D eigenvalue weighted by atomic mass is 16.6. The molecule has 0 aliphatic rings. The molecule has 0 unspecified atom stereocenters. The predicted octanol–water partition coefficient (Wildman–Crippen LogP) is 0.898. The fourth-order valence-electron chi connectivity index (χ4n) is 0.492. The van der Waals surface area contributed by atoms with Crippen LogP contribution in [-0.4, -0.2) is 11.0 Å². The number of nitro groups is 1. The van der Waals surface area contributed by atoms with Crippen molar-refractivity contribution < 1.29 is 15.2 Å². The Morgan fingerprint density at radius 3 is 2.50 bits per heavy atom. The molecular weight excluding hydrogens is 160 g/mol. The van der Waals surface area contributed by atoms with E-state index >= 15 is 0 Å². The van der Waals surface area contributed by atoms with E-state index < -0.39 is 40.5 Å². The lowest BCUT2D eigenvalue weighted by Crippen LogP contribution is -1.87. The molecule has 1 radical (unpaired) electrons. The molecule has 1 rings (SSSR count). The summed E-state index contributed by atoms with van der Waals surface area (Å²) in [6.07, 6.45) is 1.07. The molecule has 1 aromatic rings. The Hall–Kier alpha value is -2.00. The highest BCUT2D eigenvalue weighted by Crippen LogP contribution is 2.13. The molecule has 5 heteroatoms. The Bertz CT molecular complexity index is 463. The van der Waals surface area contributed by atoms with Gasteiger partial charge in [-0.2, -0.15) is 4.79 Å². The van der Waals surface area contributed by atoms with Crippen molar-refractivity contribution in [2.24, 2.45) is 0 Å². The van der Waals surface area contributed by atoms with Crippen LogP contribution in [0.3, 0.4) is 0 Å². The zero-order valence-corrected chi connectivity index (χ0v) is 5.62. The number of rotatable bonds is 2. The van der Waals surface area contributed by atoms with Gasteiger partial charge in [0.1, 0.15) is 0 Å². The summed E-state index contributed by atoms with van der Waals surface area (Å²) in [7, 11) is 0. The van der Waals surface area contributed by atoms with Crippen LogP contribution >= 0.6 is 0 Å². The van der Waals surface area contributed by atoms with Gasteiger partial charge in [-0.25, -0.2) is 0 Å². The second-order valence-corrected chi connectivity index (χ2v) is 1.66. The Labute approximate surface area is 73.1 Å². The van der Waals surface area contributed by atoms with Crippen molar-refractivity contribution in [2.75, 3.05) is 0 Å². The Kier molecular flexibility index (Phi) is 1.17. The van der Waals surface area contributed by atoms with E-state index in [1.165, 1.54) is 0 Å². The molecule has 0 aliphatic heterocycles. The van der Waals surface area contributed by atoms with Crippen molar-refractivity contribution in [1.29, 1.82) is 0 Å². The van der Waals surface area contributed by atoms with Crippen molar-refractivity contribution in [3.63, 3.8) is 0 Å². The minimum absolute atomic E-state index is 0.560. The summed E-state index contributed by atoms with van der Waals surface area (Å²) in [5.74, 6) is 0. The van der Waals surface area contributed by atoms with Crippen LogP contribution in [0.15, 0.2) is 24.2 Å². The SMILES string of the molecule is [3H]c1c([3H])c([N+](=O)[O-])c([3H])c([3H])c1[N+]=C=O. The van der Waals surface area contributed by atoms with Gasteiger partial charge in [-0.1, -0.05) is 0 Å². The average Bonchev–Trinajstić information content (AvgIpc) is 2.21. The standard InChI is InChI=1S/C7H4N2O3/c10-5-8-6-1-3-7(4-2-6)9(11)12/h1-4H/q+1/i1T,2T,3T,4T. The monoisotopic (exact) mass is 172 g/mol. The van der Waals surface area contributed by atoms with Gasteiger partial charge in [-0.05, 0) is 0 Å². The lowest BCUT2D eigenvalue weighted by Gasteiger charge is -1.85. The van der Waals surface area contributed by atoms with Gasteiger partial charge in [0.25, 0.3) is 11.4 Å². The molecule has 5 nitrogen and oxygen atoms in total. The molecular formula is C7H4N2O3+. The predicted molar refractivity (Wildman–Crippen MR) is 40.6 cm³/mol. The molecule has 0 atom stereocenters. The van der Waals surface area contributed by atoms with E-state index in [1.54, 1.807) is 0 Å². The number of carbonyl (C=O) groups excluding carboxylic acids is 1. The van der Waals surface area contributed by atoms with Crippen molar-refractivity contribution >= 4 is 17.5 Å². The molecule has 0 N–H and O–H groups in total. The fourth-order valence-corrected chi connectivity index (χ4v) is 0.492. The average molecular weight is 172 g/mol. The quantitative estimate of drug-likeness (QED) is 0.288. The van der Waals surface area contributed by atoms with Crippen LogP contribution in [0, 0.1) is 10.1 Å². The molecule has 0 saturated carbocycles. The van der Waals surface area contributed by atoms with Gasteiger partial charge in [0.15, 0.2) is 4.99 Å². The highest BCUT2D eigenvalue weighted by Gasteiger charge is 2.07. The number of nitro benzene ring substituents is 1. The maximum Gasteiger partial charge on any atom is 0.504 e. The van der Waals surface area contributed by atoms with Gasteiger partial charge < -0.3 is 0 Å². The van der Waals surface area contributed by atoms with E-state index in [1.807, 2.05) is 0 Å². The third kappa shape index (κ3) is 1.74. The third-order valence-electron chi connectivity index (χ3n) is 0.939. The van der Waals surface area contributed by atoms with E-state index in [-0.39, 0.29) is 0 Å². The van der Waals surface area contributed by atoms with Crippen LogP contribution < -0.4 is 4.99 Å². The van der Waals surface area contributed by atoms with Gasteiger partial charge in [0.2, 0.25) is 0 Å². The maximum absolute atomic E-state index is 10.5. The minimum atomic E-state index is -1.02. The van der Waals surface area contributed by atoms with E-state index in [2.05, 4.69) is 4.99 Å². The zero-order chi connectivity index (χ0) is 12.5. The lowest BCUT2D eigenvalue weighted by atomic mass is 10.3. The summed E-state index contributed by atoms with van der Waals surface area (Å²) in [4.78, 5) is 22.5. The van der Waals surface area contributed by atoms with Crippen molar-refractivity contribution in [1.82, 2.24) is 4.99 Å². The summed E-state index contributed by atoms with van der Waals surface area (Å²) in [5.41, 5.74) is -1.50. The Balaban J connectivity index is 3.76. The van der Waals surface area contributed by atoms with Crippen LogP contribution in [-0.2, 0) is 4.79 Å². The maximum atomic E-state index is 10.5. The molecule has 0 amide bonds. The number of hydrogen-bond acceptors (Lipinski definition) is 4. The second-order valence-electron chi connectivity index (χ2n) is 1.66. The van der Waals surface area contributed by atoms with Crippen LogP contribution in [0.4, 0.5) is 11.4 Å². The number of isocyanates is 1. The number of hydrogen-bond donors (Lipinski definition) is 0. The first-order valence-corrected chi connectivity index (χ1v) is 2.74. The van der Waals surface area contributed by atoms with Gasteiger partial charge in [0.05, 0.1) is 10.4 Å². The lowest BCUT2D eigenvalue weighted by molar-refractivity contribution is -0.384. The smallest absolute Gasteiger partial charge is 0.258 e. The molecule has 0 spiro atoms. The molecule has 0 aliphatic carbocycles. The highest BCUT2D eigenvalue weighted by molar-refractivity contribution is 5.48. The Morgan fingerprint density at radius 1 is 1.50 bits per heavy atom. The van der Waals surface area contributed by atoms with Gasteiger partial charge >= 0.3 is 6.08 Å². The van der Waals surface area contributed by atoms with Crippen LogP contribution in [0.5, 0.6) is 0 Å². The van der Waals surface area contributed by atoms with E-state index in [9.17, 15) is 14.9 Å². The zero-order valence-electron chi connectivity index (χ0n) is 9.62. The van der Waals surface area contributed by atoms with Crippen molar-refractivity contribution in [2.45, 2.75) is 0 Å². The van der Waals surface area contributed by atoms with Crippen LogP contribution in [0.25, 0.3) is 0 Å². The number of nitrogens with zero attached hydrogens (tertiary/aromatic N) is 2. The van der Waals surface area contributed by atoms with E-state index in [0.717, 1.165) is 6.08 Å². The van der Waals surface area contributed by atoms with E-state index in [0.29, 0.717) is 0 Å². The summed E-state index contributed by atoms with van der Waals surface area (Å²) in [6, 6.07) is -3.17. The first kappa shape index (κ1) is 4.13. The summed E-state index contributed by atoms with van der Waals surface area (Å²) >= 11 is 0. The van der Waals surface area contributed by atoms with Gasteiger partial charge in [0, 0.05) is 24.2 Å². The number of benzene rings is 1. The van der Waals surface area contributed by atoms with Crippen molar-refractivity contribution in [3.05, 3.63) is 34.3 Å². The fraction of sp³-hybridized carbons (Fsp3) is 0. The van der Waals surface area contributed by atoms with E-state index in [4.69, 9.17) is 5.48 Å². The van der Waals surface area contributed by atoms with Crippen LogP contribution in [0.1, 0.15) is 5.48 Å². The largest absolute Gasteiger partial charge is 0.504 e. The summed E-state index contributed by atoms with van der Waals surface area (Å²) in [5, 5.41) is 10.5. The normalized spacial score (nSPS) is 13.3. The third-order valence-corrected chi connectivity index (χ3v) is 0.939.